The SMILES string of the molecule is CCOC(=O)c1cc(Cc2ccccc2)sc1NC(=S)NCCCn1cc(Cl)c(C)n1. The number of benzene rings is 1. The highest BCUT2D eigenvalue weighted by Crippen LogP contribution is 2.30. The van der Waals surface area contributed by atoms with Crippen LogP contribution >= 0.6 is 35.2 Å². The zero-order valence-corrected chi connectivity index (χ0v) is 19.9. The van der Waals surface area contributed by atoms with Crippen LogP contribution in [0.3, 0.4) is 0 Å². The van der Waals surface area contributed by atoms with E-state index >= 15 is 0 Å². The summed E-state index contributed by atoms with van der Waals surface area (Å²) in [5, 5.41) is 12.5. The molecule has 0 spiro atoms. The molecule has 0 saturated heterocycles. The van der Waals surface area contributed by atoms with Crippen molar-refractivity contribution in [1.29, 1.82) is 0 Å². The van der Waals surface area contributed by atoms with Crippen LogP contribution in [0.2, 0.25) is 5.02 Å². The topological polar surface area (TPSA) is 68.2 Å². The third kappa shape index (κ3) is 6.78. The second-order valence-corrected chi connectivity index (χ2v) is 8.85. The van der Waals surface area contributed by atoms with Crippen molar-refractivity contribution in [2.24, 2.45) is 0 Å². The average molecular weight is 477 g/mol. The minimum absolute atomic E-state index is 0.321. The maximum atomic E-state index is 12.4. The second kappa shape index (κ2) is 11.3. The molecule has 2 N–H and O–H groups in total. The molecule has 0 unspecified atom stereocenters. The predicted molar refractivity (Wildman–Crippen MR) is 130 cm³/mol. The number of aromatic nitrogens is 2. The molecule has 3 rings (SSSR count). The minimum Gasteiger partial charge on any atom is -0.462 e. The van der Waals surface area contributed by atoms with Crippen molar-refractivity contribution in [3.63, 3.8) is 0 Å². The third-order valence-corrected chi connectivity index (χ3v) is 6.13. The smallest absolute Gasteiger partial charge is 0.341 e. The van der Waals surface area contributed by atoms with Gasteiger partial charge in [0, 0.05) is 30.6 Å². The number of esters is 1. The molecule has 0 bridgehead atoms. The third-order valence-electron chi connectivity index (χ3n) is 4.46. The van der Waals surface area contributed by atoms with E-state index in [1.165, 1.54) is 16.9 Å². The fourth-order valence-corrected chi connectivity index (χ4v) is 4.48. The van der Waals surface area contributed by atoms with Crippen LogP contribution < -0.4 is 10.6 Å². The van der Waals surface area contributed by atoms with E-state index in [1.807, 2.05) is 42.1 Å². The van der Waals surface area contributed by atoms with Gasteiger partial charge in [-0.15, -0.1) is 11.3 Å². The standard InChI is InChI=1S/C22H25ClN4O2S2/c1-3-29-21(28)18-13-17(12-16-8-5-4-6-9-16)31-20(18)25-22(30)24-10-7-11-27-14-19(23)15(2)26-27/h4-6,8-9,13-14H,3,7,10-12H2,1-2H3,(H2,24,25,30). The number of thiocarbonyl (C=S) groups is 1. The summed E-state index contributed by atoms with van der Waals surface area (Å²) in [4.78, 5) is 13.5. The lowest BCUT2D eigenvalue weighted by molar-refractivity contribution is 0.0528. The van der Waals surface area contributed by atoms with Crippen molar-refractivity contribution >= 4 is 51.2 Å². The Kier molecular flexibility index (Phi) is 8.45. The number of hydrogen-bond donors (Lipinski definition) is 2. The number of nitrogens with one attached hydrogen (secondary N) is 2. The van der Waals surface area contributed by atoms with E-state index in [0.29, 0.717) is 33.9 Å². The highest BCUT2D eigenvalue weighted by molar-refractivity contribution is 7.80. The Hall–Kier alpha value is -2.42. The summed E-state index contributed by atoms with van der Waals surface area (Å²) in [6, 6.07) is 12.0. The van der Waals surface area contributed by atoms with Crippen molar-refractivity contribution in [3.8, 4) is 0 Å². The van der Waals surface area contributed by atoms with Gasteiger partial charge in [0.1, 0.15) is 5.00 Å². The molecule has 1 aromatic carbocycles. The number of ether oxygens (including phenoxy) is 1. The molecular formula is C22H25ClN4O2S2. The first kappa shape index (κ1) is 23.2. The van der Waals surface area contributed by atoms with Crippen molar-refractivity contribution in [1.82, 2.24) is 15.1 Å². The monoisotopic (exact) mass is 476 g/mol. The number of rotatable bonds is 9. The van der Waals surface area contributed by atoms with Gasteiger partial charge in [0.05, 0.1) is 22.9 Å². The molecule has 2 heterocycles. The van der Waals surface area contributed by atoms with Crippen LogP contribution in [0.4, 0.5) is 5.00 Å². The zero-order chi connectivity index (χ0) is 22.2. The van der Waals surface area contributed by atoms with Gasteiger partial charge in [0.15, 0.2) is 5.11 Å². The molecule has 0 aliphatic carbocycles. The van der Waals surface area contributed by atoms with E-state index < -0.39 is 0 Å². The van der Waals surface area contributed by atoms with E-state index in [-0.39, 0.29) is 5.97 Å². The number of halogens is 1. The molecule has 0 amide bonds. The van der Waals surface area contributed by atoms with Gasteiger partial charge in [-0.3, -0.25) is 4.68 Å². The highest BCUT2D eigenvalue weighted by atomic mass is 35.5. The largest absolute Gasteiger partial charge is 0.462 e. The summed E-state index contributed by atoms with van der Waals surface area (Å²) in [7, 11) is 0. The number of aryl methyl sites for hydroxylation is 2. The lowest BCUT2D eigenvalue weighted by Gasteiger charge is -2.10. The molecule has 0 radical (unpaired) electrons. The molecule has 31 heavy (non-hydrogen) atoms. The Morgan fingerprint density at radius 3 is 2.77 bits per heavy atom. The summed E-state index contributed by atoms with van der Waals surface area (Å²) in [6.07, 6.45) is 3.39. The summed E-state index contributed by atoms with van der Waals surface area (Å²) < 4.78 is 7.04. The summed E-state index contributed by atoms with van der Waals surface area (Å²) in [6.45, 7) is 5.39. The maximum Gasteiger partial charge on any atom is 0.341 e. The lowest BCUT2D eigenvalue weighted by Crippen LogP contribution is -2.30. The molecule has 9 heteroatoms. The van der Waals surface area contributed by atoms with Gasteiger partial charge in [0.2, 0.25) is 0 Å². The quantitative estimate of drug-likeness (QED) is 0.256. The normalized spacial score (nSPS) is 10.7. The van der Waals surface area contributed by atoms with Gasteiger partial charge in [-0.2, -0.15) is 5.10 Å². The Morgan fingerprint density at radius 1 is 1.32 bits per heavy atom. The Bertz CT molecular complexity index is 1010. The number of hydrogen-bond acceptors (Lipinski definition) is 5. The van der Waals surface area contributed by atoms with E-state index in [4.69, 9.17) is 28.6 Å². The fourth-order valence-electron chi connectivity index (χ4n) is 2.98. The number of carbonyl (C=O) groups excluding carboxylic acids is 1. The molecule has 3 aromatic rings. The molecule has 2 aromatic heterocycles. The number of nitrogens with zero attached hydrogens (tertiary/aromatic N) is 2. The van der Waals surface area contributed by atoms with Crippen LogP contribution in [0.5, 0.6) is 0 Å². The van der Waals surface area contributed by atoms with Gasteiger partial charge in [-0.05, 0) is 44.1 Å². The average Bonchev–Trinajstić information content (AvgIpc) is 3.28. The van der Waals surface area contributed by atoms with E-state index in [1.54, 1.807) is 6.92 Å². The number of carbonyl (C=O) groups is 1. The van der Waals surface area contributed by atoms with Crippen LogP contribution in [0.15, 0.2) is 42.6 Å². The number of thiophene rings is 1. The Balaban J connectivity index is 1.58. The van der Waals surface area contributed by atoms with Gasteiger partial charge in [0.25, 0.3) is 0 Å². The van der Waals surface area contributed by atoms with Crippen LogP contribution in [0.1, 0.15) is 39.8 Å². The van der Waals surface area contributed by atoms with E-state index in [0.717, 1.165) is 30.0 Å². The number of anilines is 1. The van der Waals surface area contributed by atoms with Crippen molar-refractivity contribution in [2.75, 3.05) is 18.5 Å². The zero-order valence-electron chi connectivity index (χ0n) is 17.5. The molecule has 0 fully saturated rings. The minimum atomic E-state index is -0.353. The maximum absolute atomic E-state index is 12.4. The molecule has 6 nitrogen and oxygen atoms in total. The summed E-state index contributed by atoms with van der Waals surface area (Å²) in [5.41, 5.74) is 2.51. The molecule has 0 saturated carbocycles. The van der Waals surface area contributed by atoms with Crippen LogP contribution in [0.25, 0.3) is 0 Å². The summed E-state index contributed by atoms with van der Waals surface area (Å²) >= 11 is 13.0. The molecule has 164 valence electrons. The van der Waals surface area contributed by atoms with Crippen LogP contribution in [0, 0.1) is 6.92 Å². The first-order valence-corrected chi connectivity index (χ1v) is 11.6. The van der Waals surface area contributed by atoms with Crippen LogP contribution in [-0.4, -0.2) is 34.0 Å². The van der Waals surface area contributed by atoms with Gasteiger partial charge in [-0.25, -0.2) is 4.79 Å². The first-order valence-electron chi connectivity index (χ1n) is 10.0. The predicted octanol–water partition coefficient (Wildman–Crippen LogP) is 5.05. The molecule has 0 aliphatic heterocycles. The van der Waals surface area contributed by atoms with Gasteiger partial charge in [-0.1, -0.05) is 41.9 Å². The summed E-state index contributed by atoms with van der Waals surface area (Å²) in [5.74, 6) is -0.353. The molecular weight excluding hydrogens is 452 g/mol. The first-order chi connectivity index (χ1) is 15.0. The Labute approximate surface area is 196 Å². The van der Waals surface area contributed by atoms with Crippen molar-refractivity contribution in [2.45, 2.75) is 33.2 Å². The lowest BCUT2D eigenvalue weighted by atomic mass is 10.1. The fraction of sp³-hybridized carbons (Fsp3) is 0.318. The van der Waals surface area contributed by atoms with E-state index in [2.05, 4.69) is 27.9 Å². The molecule has 0 aliphatic rings. The van der Waals surface area contributed by atoms with Crippen molar-refractivity contribution in [3.05, 3.63) is 69.3 Å². The van der Waals surface area contributed by atoms with Crippen LogP contribution in [-0.2, 0) is 17.7 Å². The van der Waals surface area contributed by atoms with Crippen molar-refractivity contribution < 1.29 is 9.53 Å². The highest BCUT2D eigenvalue weighted by Gasteiger charge is 2.18. The second-order valence-electron chi connectivity index (χ2n) is 6.90. The molecule has 0 atom stereocenters. The van der Waals surface area contributed by atoms with Gasteiger partial charge >= 0.3 is 5.97 Å². The Morgan fingerprint density at radius 2 is 2.10 bits per heavy atom. The van der Waals surface area contributed by atoms with E-state index in [9.17, 15) is 4.79 Å². The van der Waals surface area contributed by atoms with Gasteiger partial charge < -0.3 is 15.4 Å².